The van der Waals surface area contributed by atoms with E-state index in [1.165, 1.54) is 12.1 Å². The van der Waals surface area contributed by atoms with Gasteiger partial charge in [-0.2, -0.15) is 13.2 Å². The molecule has 1 aliphatic heterocycles. The van der Waals surface area contributed by atoms with Crippen LogP contribution in [-0.4, -0.2) is 18.3 Å². The quantitative estimate of drug-likeness (QED) is 0.387. The number of H-pyrrole nitrogens is 1. The van der Waals surface area contributed by atoms with E-state index in [1.54, 1.807) is 13.3 Å². The molecule has 0 atom stereocenters. The molecule has 0 aliphatic carbocycles. The van der Waals surface area contributed by atoms with Crippen molar-refractivity contribution in [3.05, 3.63) is 95.2 Å². The minimum atomic E-state index is -4.38. The first-order valence-corrected chi connectivity index (χ1v) is 9.66. The number of aromatic amines is 1. The van der Waals surface area contributed by atoms with Crippen molar-refractivity contribution >= 4 is 34.0 Å². The van der Waals surface area contributed by atoms with Gasteiger partial charge in [-0.25, -0.2) is 0 Å². The number of para-hydroxylation sites is 1. The molecule has 0 amide bonds. The standard InChI is InChI=1S/C25H17F3N2O/c1-31-17-10-11-19-21(14-30-23(19)12-17)24(15-6-8-16(9-7-15)25(26,27)28)20-13-29-22-5-3-2-4-18(20)22/h2-14,30H,1H3/b24-20+. The van der Waals surface area contributed by atoms with Gasteiger partial charge in [-0.15, -0.1) is 0 Å². The van der Waals surface area contributed by atoms with Crippen molar-refractivity contribution in [2.75, 3.05) is 7.11 Å². The summed E-state index contributed by atoms with van der Waals surface area (Å²) in [5.41, 5.74) is 5.24. The van der Waals surface area contributed by atoms with Crippen LogP contribution in [0, 0.1) is 0 Å². The highest BCUT2D eigenvalue weighted by atomic mass is 19.4. The smallest absolute Gasteiger partial charge is 0.416 e. The molecule has 0 fully saturated rings. The zero-order valence-corrected chi connectivity index (χ0v) is 16.5. The van der Waals surface area contributed by atoms with E-state index in [4.69, 9.17) is 4.74 Å². The summed E-state index contributed by atoms with van der Waals surface area (Å²) in [5, 5.41) is 0.945. The van der Waals surface area contributed by atoms with Crippen molar-refractivity contribution in [1.29, 1.82) is 0 Å². The number of hydrogen-bond donors (Lipinski definition) is 1. The van der Waals surface area contributed by atoms with Gasteiger partial charge < -0.3 is 9.72 Å². The lowest BCUT2D eigenvalue weighted by molar-refractivity contribution is -0.137. The molecule has 0 radical (unpaired) electrons. The molecule has 5 rings (SSSR count). The van der Waals surface area contributed by atoms with Crippen LogP contribution in [0.5, 0.6) is 5.75 Å². The first-order chi connectivity index (χ1) is 15.0. The van der Waals surface area contributed by atoms with Crippen LogP contribution in [-0.2, 0) is 6.18 Å². The van der Waals surface area contributed by atoms with Crippen LogP contribution >= 0.6 is 0 Å². The summed E-state index contributed by atoms with van der Waals surface area (Å²) in [6.45, 7) is 0. The zero-order valence-electron chi connectivity index (χ0n) is 16.5. The van der Waals surface area contributed by atoms with Crippen molar-refractivity contribution < 1.29 is 17.9 Å². The Labute approximate surface area is 176 Å². The summed E-state index contributed by atoms with van der Waals surface area (Å²) in [6.07, 6.45) is -0.733. The molecule has 3 aromatic carbocycles. The van der Waals surface area contributed by atoms with E-state index in [0.717, 1.165) is 56.7 Å². The van der Waals surface area contributed by atoms with Gasteiger partial charge in [0.05, 0.1) is 18.4 Å². The summed E-state index contributed by atoms with van der Waals surface area (Å²) in [4.78, 5) is 7.77. The number of nitrogens with zero attached hydrogens (tertiary/aromatic N) is 1. The topological polar surface area (TPSA) is 37.4 Å². The van der Waals surface area contributed by atoms with Crippen LogP contribution in [0.25, 0.3) is 22.0 Å². The van der Waals surface area contributed by atoms with Crippen LogP contribution in [0.1, 0.15) is 22.3 Å². The maximum Gasteiger partial charge on any atom is 0.416 e. The third-order valence-electron chi connectivity index (χ3n) is 5.46. The molecule has 3 nitrogen and oxygen atoms in total. The lowest BCUT2D eigenvalue weighted by Crippen LogP contribution is -2.04. The molecule has 0 bridgehead atoms. The predicted molar refractivity (Wildman–Crippen MR) is 117 cm³/mol. The second-order valence-electron chi connectivity index (χ2n) is 7.25. The number of aromatic nitrogens is 1. The highest BCUT2D eigenvalue weighted by Gasteiger charge is 2.30. The fourth-order valence-corrected chi connectivity index (χ4v) is 3.94. The number of fused-ring (bicyclic) bond motifs is 2. The van der Waals surface area contributed by atoms with Crippen LogP contribution in [0.15, 0.2) is 77.9 Å². The lowest BCUT2D eigenvalue weighted by atomic mass is 9.89. The average molecular weight is 418 g/mol. The Balaban J connectivity index is 1.76. The number of alkyl halides is 3. The van der Waals surface area contributed by atoms with E-state index >= 15 is 0 Å². The Hall–Kier alpha value is -3.80. The Morgan fingerprint density at radius 1 is 0.968 bits per heavy atom. The van der Waals surface area contributed by atoms with Gasteiger partial charge in [0.15, 0.2) is 0 Å². The zero-order chi connectivity index (χ0) is 21.6. The van der Waals surface area contributed by atoms with Crippen molar-refractivity contribution in [1.82, 2.24) is 4.98 Å². The van der Waals surface area contributed by atoms with E-state index in [1.807, 2.05) is 48.7 Å². The number of allylic oxidation sites excluding steroid dienone is 1. The molecule has 6 heteroatoms. The second kappa shape index (κ2) is 7.16. The van der Waals surface area contributed by atoms with E-state index in [-0.39, 0.29) is 0 Å². The van der Waals surface area contributed by atoms with Crippen LogP contribution < -0.4 is 4.74 Å². The Bertz CT molecular complexity index is 1350. The maximum absolute atomic E-state index is 13.1. The molecule has 0 saturated heterocycles. The van der Waals surface area contributed by atoms with E-state index in [9.17, 15) is 13.2 Å². The molecule has 0 saturated carbocycles. The fourth-order valence-electron chi connectivity index (χ4n) is 3.94. The lowest BCUT2D eigenvalue weighted by Gasteiger charge is -2.14. The molecule has 1 N–H and O–H groups in total. The van der Waals surface area contributed by atoms with Crippen molar-refractivity contribution in [2.24, 2.45) is 4.99 Å². The van der Waals surface area contributed by atoms with Crippen molar-refractivity contribution in [3.8, 4) is 5.75 Å². The maximum atomic E-state index is 13.1. The monoisotopic (exact) mass is 418 g/mol. The number of rotatable bonds is 3. The number of ether oxygens (including phenoxy) is 1. The van der Waals surface area contributed by atoms with E-state index in [0.29, 0.717) is 5.56 Å². The van der Waals surface area contributed by atoms with Gasteiger partial charge in [0.2, 0.25) is 0 Å². The van der Waals surface area contributed by atoms with Crippen molar-refractivity contribution in [2.45, 2.75) is 6.18 Å². The first-order valence-electron chi connectivity index (χ1n) is 9.66. The third kappa shape index (κ3) is 3.30. The van der Waals surface area contributed by atoms with Crippen molar-refractivity contribution in [3.63, 3.8) is 0 Å². The molecule has 1 aliphatic rings. The summed E-state index contributed by atoms with van der Waals surface area (Å²) >= 11 is 0. The Kier molecular flexibility index (Phi) is 4.43. The number of hydrogen-bond acceptors (Lipinski definition) is 2. The average Bonchev–Trinajstić information content (AvgIpc) is 3.38. The number of benzene rings is 3. The summed E-state index contributed by atoms with van der Waals surface area (Å²) in [5.74, 6) is 0.720. The number of methoxy groups -OCH3 is 1. The minimum absolute atomic E-state index is 0.676. The molecule has 4 aromatic rings. The van der Waals surface area contributed by atoms with Gasteiger partial charge in [0.25, 0.3) is 0 Å². The normalized spacial score (nSPS) is 14.7. The molecular formula is C25H17F3N2O. The Morgan fingerprint density at radius 2 is 1.74 bits per heavy atom. The van der Waals surface area contributed by atoms with Gasteiger partial charge >= 0.3 is 6.18 Å². The Morgan fingerprint density at radius 3 is 2.48 bits per heavy atom. The molecule has 0 unspecified atom stereocenters. The fraction of sp³-hybridized carbons (Fsp3) is 0.0800. The highest BCUT2D eigenvalue weighted by molar-refractivity contribution is 6.27. The predicted octanol–water partition coefficient (Wildman–Crippen LogP) is 6.87. The first kappa shape index (κ1) is 19.2. The van der Waals surface area contributed by atoms with Crippen LogP contribution in [0.2, 0.25) is 0 Å². The molecule has 1 aromatic heterocycles. The van der Waals surface area contributed by atoms with Gasteiger partial charge in [-0.05, 0) is 35.9 Å². The second-order valence-corrected chi connectivity index (χ2v) is 7.25. The van der Waals surface area contributed by atoms with E-state index in [2.05, 4.69) is 9.98 Å². The summed E-state index contributed by atoms with van der Waals surface area (Å²) < 4.78 is 44.7. The van der Waals surface area contributed by atoms with E-state index < -0.39 is 11.7 Å². The summed E-state index contributed by atoms with van der Waals surface area (Å²) in [6, 6.07) is 18.7. The number of nitrogens with one attached hydrogen (secondary N) is 1. The molecule has 2 heterocycles. The van der Waals surface area contributed by atoms with Gasteiger partial charge in [0.1, 0.15) is 5.75 Å². The third-order valence-corrected chi connectivity index (χ3v) is 5.46. The van der Waals surface area contributed by atoms with Gasteiger partial charge in [0, 0.05) is 51.7 Å². The molecule has 31 heavy (non-hydrogen) atoms. The highest BCUT2D eigenvalue weighted by Crippen LogP contribution is 2.42. The largest absolute Gasteiger partial charge is 0.497 e. The number of halogens is 3. The summed E-state index contributed by atoms with van der Waals surface area (Å²) in [7, 11) is 1.60. The molecule has 154 valence electrons. The molecular weight excluding hydrogens is 401 g/mol. The van der Waals surface area contributed by atoms with Gasteiger partial charge in [-0.3, -0.25) is 4.99 Å². The SMILES string of the molecule is COc1ccc2c(/C(=C3\C=Nc4ccccc43)c3ccc(C(F)(F)F)cc3)c[nH]c2c1. The van der Waals surface area contributed by atoms with Gasteiger partial charge in [-0.1, -0.05) is 30.3 Å². The molecule has 0 spiro atoms. The minimum Gasteiger partial charge on any atom is -0.497 e. The number of aliphatic imine (C=N–C) groups is 1. The van der Waals surface area contributed by atoms with Crippen LogP contribution in [0.3, 0.4) is 0 Å². The van der Waals surface area contributed by atoms with Crippen LogP contribution in [0.4, 0.5) is 18.9 Å².